The maximum Gasteiger partial charge on any atom is 0.225 e. The molecule has 0 aliphatic heterocycles. The Balaban J connectivity index is 1.96. The third-order valence-electron chi connectivity index (χ3n) is 3.47. The first-order valence-electron chi connectivity index (χ1n) is 6.19. The monoisotopic (exact) mass is 273 g/mol. The molecule has 1 atom stereocenters. The van der Waals surface area contributed by atoms with Crippen LogP contribution in [0, 0.1) is 5.82 Å². The molecule has 2 aromatic rings. The smallest absolute Gasteiger partial charge is 0.225 e. The van der Waals surface area contributed by atoms with Crippen molar-refractivity contribution in [3.05, 3.63) is 53.4 Å². The van der Waals surface area contributed by atoms with Crippen molar-refractivity contribution in [1.29, 1.82) is 0 Å². The van der Waals surface area contributed by atoms with Crippen molar-refractivity contribution in [2.45, 2.75) is 18.9 Å². The van der Waals surface area contributed by atoms with E-state index in [9.17, 15) is 14.0 Å². The van der Waals surface area contributed by atoms with Gasteiger partial charge in [0.25, 0.3) is 0 Å². The van der Waals surface area contributed by atoms with Gasteiger partial charge in [0.1, 0.15) is 17.7 Å². The molecule has 1 amide bonds. The van der Waals surface area contributed by atoms with E-state index < -0.39 is 11.9 Å². The molecule has 1 unspecified atom stereocenters. The van der Waals surface area contributed by atoms with E-state index >= 15 is 0 Å². The zero-order chi connectivity index (χ0) is 14.3. The predicted octanol–water partition coefficient (Wildman–Crippen LogP) is 1.03. The van der Waals surface area contributed by atoms with Gasteiger partial charge >= 0.3 is 0 Å². The quantitative estimate of drug-likeness (QED) is 0.907. The van der Waals surface area contributed by atoms with E-state index in [1.54, 1.807) is 10.8 Å². The summed E-state index contributed by atoms with van der Waals surface area (Å²) in [5.74, 6) is -0.514. The largest absolute Gasteiger partial charge is 0.369 e. The van der Waals surface area contributed by atoms with E-state index in [0.29, 0.717) is 23.4 Å². The number of benzene rings is 1. The first kappa shape index (κ1) is 12.5. The maximum absolute atomic E-state index is 13.2. The van der Waals surface area contributed by atoms with Gasteiger partial charge in [-0.15, -0.1) is 0 Å². The van der Waals surface area contributed by atoms with Crippen molar-refractivity contribution in [2.75, 3.05) is 0 Å². The molecule has 6 heteroatoms. The van der Waals surface area contributed by atoms with E-state index in [0.717, 1.165) is 0 Å². The van der Waals surface area contributed by atoms with E-state index in [4.69, 9.17) is 5.73 Å². The number of halogens is 1. The average molecular weight is 273 g/mol. The summed E-state index contributed by atoms with van der Waals surface area (Å²) in [5.41, 5.74) is 6.37. The number of hydrogen-bond donors (Lipinski definition) is 1. The van der Waals surface area contributed by atoms with Crippen molar-refractivity contribution in [3.8, 4) is 0 Å². The molecule has 0 bridgehead atoms. The SMILES string of the molecule is NC(=O)Cc1nccn1C1Cc2cc(F)ccc2C1=O. The van der Waals surface area contributed by atoms with Crippen molar-refractivity contribution >= 4 is 11.7 Å². The van der Waals surface area contributed by atoms with Crippen LogP contribution in [0.4, 0.5) is 4.39 Å². The van der Waals surface area contributed by atoms with Gasteiger partial charge in [-0.25, -0.2) is 9.37 Å². The van der Waals surface area contributed by atoms with Crippen LogP contribution >= 0.6 is 0 Å². The van der Waals surface area contributed by atoms with Crippen LogP contribution in [0.5, 0.6) is 0 Å². The van der Waals surface area contributed by atoms with Gasteiger partial charge in [0.2, 0.25) is 5.91 Å². The lowest BCUT2D eigenvalue weighted by atomic mass is 10.1. The molecule has 102 valence electrons. The number of carbonyl (C=O) groups excluding carboxylic acids is 2. The number of hydrogen-bond acceptors (Lipinski definition) is 3. The zero-order valence-corrected chi connectivity index (χ0v) is 10.5. The van der Waals surface area contributed by atoms with Gasteiger partial charge in [-0.05, 0) is 23.8 Å². The summed E-state index contributed by atoms with van der Waals surface area (Å²) in [5, 5.41) is 0. The Labute approximate surface area is 114 Å². The molecule has 1 aliphatic rings. The van der Waals surface area contributed by atoms with Gasteiger partial charge in [-0.3, -0.25) is 9.59 Å². The Hall–Kier alpha value is -2.50. The summed E-state index contributed by atoms with van der Waals surface area (Å²) in [6.07, 6.45) is 3.54. The molecule has 0 radical (unpaired) electrons. The second kappa shape index (κ2) is 4.56. The van der Waals surface area contributed by atoms with Crippen molar-refractivity contribution in [1.82, 2.24) is 9.55 Å². The highest BCUT2D eigenvalue weighted by Gasteiger charge is 2.33. The lowest BCUT2D eigenvalue weighted by molar-refractivity contribution is -0.117. The van der Waals surface area contributed by atoms with Crippen LogP contribution in [0.15, 0.2) is 30.6 Å². The molecule has 1 heterocycles. The van der Waals surface area contributed by atoms with Gasteiger partial charge in [0.05, 0.1) is 6.42 Å². The highest BCUT2D eigenvalue weighted by molar-refractivity contribution is 6.03. The Morgan fingerprint density at radius 3 is 3.05 bits per heavy atom. The van der Waals surface area contributed by atoms with Crippen molar-refractivity contribution in [2.24, 2.45) is 5.73 Å². The van der Waals surface area contributed by atoms with E-state index in [1.165, 1.54) is 24.4 Å². The van der Waals surface area contributed by atoms with Crippen LogP contribution in [0.1, 0.15) is 27.8 Å². The summed E-state index contributed by atoms with van der Waals surface area (Å²) in [6, 6.07) is 3.66. The van der Waals surface area contributed by atoms with Crippen LogP contribution in [0.3, 0.4) is 0 Å². The number of imidazole rings is 1. The van der Waals surface area contributed by atoms with Gasteiger partial charge in [0.15, 0.2) is 5.78 Å². The number of nitrogens with zero attached hydrogens (tertiary/aromatic N) is 2. The zero-order valence-electron chi connectivity index (χ0n) is 10.5. The summed E-state index contributed by atoms with van der Waals surface area (Å²) >= 11 is 0. The number of ketones is 1. The van der Waals surface area contributed by atoms with Crippen LogP contribution in [0.25, 0.3) is 0 Å². The third kappa shape index (κ3) is 1.99. The normalized spacial score (nSPS) is 17.2. The molecule has 0 saturated carbocycles. The Bertz CT molecular complexity index is 708. The van der Waals surface area contributed by atoms with Gasteiger partial charge in [-0.1, -0.05) is 0 Å². The molecule has 1 aromatic carbocycles. The molecule has 2 N–H and O–H groups in total. The first-order valence-corrected chi connectivity index (χ1v) is 6.19. The minimum Gasteiger partial charge on any atom is -0.369 e. The van der Waals surface area contributed by atoms with Gasteiger partial charge in [-0.2, -0.15) is 0 Å². The molecule has 3 rings (SSSR count). The number of amides is 1. The summed E-state index contributed by atoms with van der Waals surface area (Å²) in [7, 11) is 0. The van der Waals surface area contributed by atoms with Crippen molar-refractivity contribution in [3.63, 3.8) is 0 Å². The molecule has 1 aromatic heterocycles. The molecule has 20 heavy (non-hydrogen) atoms. The Morgan fingerprint density at radius 2 is 2.30 bits per heavy atom. The fourth-order valence-electron chi connectivity index (χ4n) is 2.60. The van der Waals surface area contributed by atoms with Crippen LogP contribution in [0.2, 0.25) is 0 Å². The van der Waals surface area contributed by atoms with E-state index in [-0.39, 0.29) is 18.0 Å². The standard InChI is InChI=1S/C14H12FN3O2/c15-9-1-2-10-8(5-9)6-11(14(10)20)18-4-3-17-13(18)7-12(16)19/h1-5,11H,6-7H2,(H2,16,19). The van der Waals surface area contributed by atoms with Crippen molar-refractivity contribution < 1.29 is 14.0 Å². The third-order valence-corrected chi connectivity index (χ3v) is 3.47. The van der Waals surface area contributed by atoms with Gasteiger partial charge < -0.3 is 10.3 Å². The number of Topliss-reactive ketones (excluding diaryl/α,β-unsaturated/α-hetero) is 1. The first-order chi connectivity index (χ1) is 9.56. The Morgan fingerprint density at radius 1 is 1.50 bits per heavy atom. The summed E-state index contributed by atoms with van der Waals surface area (Å²) in [4.78, 5) is 27.4. The fraction of sp³-hybridized carbons (Fsp3) is 0.214. The molecule has 5 nitrogen and oxygen atoms in total. The molecule has 0 fully saturated rings. The lowest BCUT2D eigenvalue weighted by Crippen LogP contribution is -2.22. The highest BCUT2D eigenvalue weighted by Crippen LogP contribution is 2.31. The number of primary amides is 1. The second-order valence-electron chi connectivity index (χ2n) is 4.78. The van der Waals surface area contributed by atoms with Crippen LogP contribution in [-0.4, -0.2) is 21.2 Å². The molecule has 0 saturated heterocycles. The predicted molar refractivity (Wildman–Crippen MR) is 68.6 cm³/mol. The lowest BCUT2D eigenvalue weighted by Gasteiger charge is -2.13. The molecule has 0 spiro atoms. The Kier molecular flexibility index (Phi) is 2.85. The van der Waals surface area contributed by atoms with Crippen LogP contribution < -0.4 is 5.73 Å². The number of carbonyl (C=O) groups is 2. The maximum atomic E-state index is 13.2. The minimum absolute atomic E-state index is 0.0263. The topological polar surface area (TPSA) is 78.0 Å². The minimum atomic E-state index is -0.508. The fourth-order valence-corrected chi connectivity index (χ4v) is 2.60. The number of nitrogens with two attached hydrogens (primary N) is 1. The highest BCUT2D eigenvalue weighted by atomic mass is 19.1. The number of aromatic nitrogens is 2. The summed E-state index contributed by atoms with van der Waals surface area (Å²) < 4.78 is 14.9. The van der Waals surface area contributed by atoms with E-state index in [2.05, 4.69) is 4.98 Å². The molecular weight excluding hydrogens is 261 g/mol. The number of rotatable bonds is 3. The van der Waals surface area contributed by atoms with Crippen LogP contribution in [-0.2, 0) is 17.6 Å². The molecular formula is C14H12FN3O2. The molecule has 1 aliphatic carbocycles. The number of fused-ring (bicyclic) bond motifs is 1. The summed E-state index contributed by atoms with van der Waals surface area (Å²) in [6.45, 7) is 0. The second-order valence-corrected chi connectivity index (χ2v) is 4.78. The van der Waals surface area contributed by atoms with Gasteiger partial charge in [0, 0.05) is 24.4 Å². The average Bonchev–Trinajstić information content (AvgIpc) is 2.93. The van der Waals surface area contributed by atoms with E-state index in [1.807, 2.05) is 0 Å².